The van der Waals surface area contributed by atoms with Crippen LogP contribution in [0.3, 0.4) is 0 Å². The van der Waals surface area contributed by atoms with Crippen molar-refractivity contribution in [2.45, 2.75) is 18.7 Å². The van der Waals surface area contributed by atoms with Crippen LogP contribution in [0.2, 0.25) is 0 Å². The van der Waals surface area contributed by atoms with E-state index in [2.05, 4.69) is 15.3 Å². The highest BCUT2D eigenvalue weighted by Gasteiger charge is 2.29. The van der Waals surface area contributed by atoms with Gasteiger partial charge < -0.3 is 9.64 Å². The van der Waals surface area contributed by atoms with E-state index in [0.29, 0.717) is 37.7 Å². The summed E-state index contributed by atoms with van der Waals surface area (Å²) in [6, 6.07) is 10.6. The Morgan fingerprint density at radius 2 is 1.63 bits per heavy atom. The van der Waals surface area contributed by atoms with Gasteiger partial charge in [0.1, 0.15) is 5.75 Å². The predicted molar refractivity (Wildman–Crippen MR) is 113 cm³/mol. The van der Waals surface area contributed by atoms with E-state index in [4.69, 9.17) is 4.74 Å². The van der Waals surface area contributed by atoms with Crippen molar-refractivity contribution < 1.29 is 13.2 Å². The number of piperazine rings is 1. The van der Waals surface area contributed by atoms with Crippen LogP contribution in [-0.4, -0.2) is 66.0 Å². The molecule has 0 amide bonds. The summed E-state index contributed by atoms with van der Waals surface area (Å²) in [5.41, 5.74) is 1.70. The van der Waals surface area contributed by atoms with Gasteiger partial charge in [0, 0.05) is 32.4 Å². The van der Waals surface area contributed by atoms with Gasteiger partial charge in [0.05, 0.1) is 17.7 Å². The lowest BCUT2D eigenvalue weighted by atomic mass is 10.2. The van der Waals surface area contributed by atoms with Crippen LogP contribution in [0.1, 0.15) is 11.3 Å². The summed E-state index contributed by atoms with van der Waals surface area (Å²) in [6.45, 7) is 5.61. The first-order chi connectivity index (χ1) is 14.4. The standard InChI is InChI=1S/C20H24N6O3S/c1-15-14-17(4-5-18(15)29-3)30(27,28)25-12-10-24(11-13-25)19-6-7-20(22-21-19)26-9-8-16(2)23-26/h4-9,14H,10-13H2,1-3H3. The number of hydrogen-bond donors (Lipinski definition) is 0. The number of nitrogens with zero attached hydrogens (tertiary/aromatic N) is 6. The Kier molecular flexibility index (Phi) is 5.44. The van der Waals surface area contributed by atoms with Crippen molar-refractivity contribution in [3.8, 4) is 11.6 Å². The van der Waals surface area contributed by atoms with E-state index >= 15 is 0 Å². The third-order valence-corrected chi connectivity index (χ3v) is 7.05. The van der Waals surface area contributed by atoms with Crippen LogP contribution in [0.15, 0.2) is 47.5 Å². The van der Waals surface area contributed by atoms with Crippen LogP contribution < -0.4 is 9.64 Å². The second-order valence-corrected chi connectivity index (χ2v) is 9.11. The first-order valence-corrected chi connectivity index (χ1v) is 11.1. The maximum absolute atomic E-state index is 13.0. The van der Waals surface area contributed by atoms with E-state index in [0.717, 1.165) is 17.1 Å². The number of methoxy groups -OCH3 is 1. The molecule has 9 nitrogen and oxygen atoms in total. The third kappa shape index (κ3) is 3.88. The second kappa shape index (κ2) is 8.04. The summed E-state index contributed by atoms with van der Waals surface area (Å²) in [4.78, 5) is 2.32. The smallest absolute Gasteiger partial charge is 0.243 e. The number of benzene rings is 1. The Labute approximate surface area is 176 Å². The molecule has 0 unspecified atom stereocenters. The predicted octanol–water partition coefficient (Wildman–Crippen LogP) is 1.80. The Morgan fingerprint density at radius 3 is 2.20 bits per heavy atom. The van der Waals surface area contributed by atoms with E-state index in [1.807, 2.05) is 43.1 Å². The minimum atomic E-state index is -3.55. The molecule has 3 heterocycles. The molecule has 1 aliphatic heterocycles. The van der Waals surface area contributed by atoms with Crippen LogP contribution >= 0.6 is 0 Å². The number of hydrogen-bond acceptors (Lipinski definition) is 7. The minimum absolute atomic E-state index is 0.285. The van der Waals surface area contributed by atoms with Crippen LogP contribution in [-0.2, 0) is 10.0 Å². The summed E-state index contributed by atoms with van der Waals surface area (Å²) in [7, 11) is -1.98. The maximum atomic E-state index is 13.0. The van der Waals surface area contributed by atoms with Gasteiger partial charge in [0.25, 0.3) is 0 Å². The van der Waals surface area contributed by atoms with Gasteiger partial charge in [-0.25, -0.2) is 13.1 Å². The summed E-state index contributed by atoms with van der Waals surface area (Å²) in [5, 5.41) is 12.9. The molecule has 0 N–H and O–H groups in total. The first-order valence-electron chi connectivity index (χ1n) is 9.64. The lowest BCUT2D eigenvalue weighted by Crippen LogP contribution is -2.49. The molecule has 0 atom stereocenters. The van der Waals surface area contributed by atoms with Crippen molar-refractivity contribution in [1.82, 2.24) is 24.3 Å². The van der Waals surface area contributed by atoms with Crippen molar-refractivity contribution in [3.05, 3.63) is 53.9 Å². The van der Waals surface area contributed by atoms with Crippen LogP contribution in [0, 0.1) is 13.8 Å². The van der Waals surface area contributed by atoms with Crippen LogP contribution in [0.5, 0.6) is 5.75 Å². The van der Waals surface area contributed by atoms with Gasteiger partial charge in [-0.15, -0.1) is 10.2 Å². The molecule has 2 aromatic heterocycles. The Morgan fingerprint density at radius 1 is 0.933 bits per heavy atom. The molecule has 3 aromatic rings. The monoisotopic (exact) mass is 428 g/mol. The molecule has 158 valence electrons. The van der Waals surface area contributed by atoms with Crippen molar-refractivity contribution in [2.24, 2.45) is 0 Å². The fraction of sp³-hybridized carbons (Fsp3) is 0.350. The van der Waals surface area contributed by atoms with Crippen molar-refractivity contribution in [3.63, 3.8) is 0 Å². The molecule has 4 rings (SSSR count). The second-order valence-electron chi connectivity index (χ2n) is 7.17. The van der Waals surface area contributed by atoms with Gasteiger partial charge in [-0.05, 0) is 55.8 Å². The number of rotatable bonds is 5. The normalized spacial score (nSPS) is 15.4. The van der Waals surface area contributed by atoms with E-state index in [9.17, 15) is 8.42 Å². The minimum Gasteiger partial charge on any atom is -0.496 e. The molecule has 30 heavy (non-hydrogen) atoms. The van der Waals surface area contributed by atoms with Gasteiger partial charge in [-0.2, -0.15) is 9.40 Å². The molecule has 1 aromatic carbocycles. The van der Waals surface area contributed by atoms with Gasteiger partial charge in [0.15, 0.2) is 11.6 Å². The molecule has 0 bridgehead atoms. The number of sulfonamides is 1. The molecule has 0 radical (unpaired) electrons. The van der Waals surface area contributed by atoms with Gasteiger partial charge >= 0.3 is 0 Å². The molecular formula is C20H24N6O3S. The third-order valence-electron chi connectivity index (χ3n) is 5.16. The molecule has 0 spiro atoms. The number of anilines is 1. The van der Waals surface area contributed by atoms with E-state index in [-0.39, 0.29) is 4.90 Å². The molecule has 1 fully saturated rings. The van der Waals surface area contributed by atoms with Crippen molar-refractivity contribution in [2.75, 3.05) is 38.2 Å². The van der Waals surface area contributed by atoms with Crippen LogP contribution in [0.4, 0.5) is 5.82 Å². The summed E-state index contributed by atoms with van der Waals surface area (Å²) in [5.74, 6) is 2.04. The number of aromatic nitrogens is 4. The Hall–Kier alpha value is -2.98. The Bertz CT molecular complexity index is 1140. The molecule has 10 heteroatoms. The molecule has 0 saturated carbocycles. The zero-order chi connectivity index (χ0) is 21.3. The molecular weight excluding hydrogens is 404 g/mol. The SMILES string of the molecule is COc1ccc(S(=O)(=O)N2CCN(c3ccc(-n4ccc(C)n4)nn3)CC2)cc1C. The summed E-state index contributed by atoms with van der Waals surface area (Å²) in [6.07, 6.45) is 1.84. The largest absolute Gasteiger partial charge is 0.496 e. The zero-order valence-corrected chi connectivity index (χ0v) is 18.0. The lowest BCUT2D eigenvalue weighted by molar-refractivity contribution is 0.383. The highest BCUT2D eigenvalue weighted by atomic mass is 32.2. The lowest BCUT2D eigenvalue weighted by Gasteiger charge is -2.34. The van der Waals surface area contributed by atoms with Crippen LogP contribution in [0.25, 0.3) is 5.82 Å². The fourth-order valence-corrected chi connectivity index (χ4v) is 4.98. The maximum Gasteiger partial charge on any atom is 0.243 e. The Balaban J connectivity index is 1.44. The highest BCUT2D eigenvalue weighted by Crippen LogP contribution is 2.25. The quantitative estimate of drug-likeness (QED) is 0.612. The topological polar surface area (TPSA) is 93.5 Å². The highest BCUT2D eigenvalue weighted by molar-refractivity contribution is 7.89. The number of ether oxygens (including phenoxy) is 1. The first kappa shape index (κ1) is 20.3. The van der Waals surface area contributed by atoms with Crippen molar-refractivity contribution >= 4 is 15.8 Å². The van der Waals surface area contributed by atoms with E-state index in [1.54, 1.807) is 30.0 Å². The van der Waals surface area contributed by atoms with Gasteiger partial charge in [-0.3, -0.25) is 0 Å². The average molecular weight is 429 g/mol. The van der Waals surface area contributed by atoms with Gasteiger partial charge in [-0.1, -0.05) is 0 Å². The number of aryl methyl sites for hydroxylation is 2. The zero-order valence-electron chi connectivity index (χ0n) is 17.2. The average Bonchev–Trinajstić information content (AvgIpc) is 3.20. The van der Waals surface area contributed by atoms with E-state index < -0.39 is 10.0 Å². The fourth-order valence-electron chi connectivity index (χ4n) is 3.47. The van der Waals surface area contributed by atoms with Crippen molar-refractivity contribution in [1.29, 1.82) is 0 Å². The van der Waals surface area contributed by atoms with Gasteiger partial charge in [0.2, 0.25) is 10.0 Å². The molecule has 1 saturated heterocycles. The molecule has 1 aliphatic rings. The summed E-state index contributed by atoms with van der Waals surface area (Å²) < 4.78 is 34.4. The van der Waals surface area contributed by atoms with E-state index in [1.165, 1.54) is 4.31 Å². The summed E-state index contributed by atoms with van der Waals surface area (Å²) >= 11 is 0. The molecule has 0 aliphatic carbocycles.